The summed E-state index contributed by atoms with van der Waals surface area (Å²) in [6.45, 7) is 10.1. The summed E-state index contributed by atoms with van der Waals surface area (Å²) in [7, 11) is 0. The number of fused-ring (bicyclic) bond motifs is 6. The highest BCUT2D eigenvalue weighted by molar-refractivity contribution is 7.20. The van der Waals surface area contributed by atoms with Crippen LogP contribution in [0.15, 0.2) is 146 Å². The molecule has 0 saturated heterocycles. The molecule has 0 amide bonds. The maximum absolute atomic E-state index is 13.2. The Kier molecular flexibility index (Phi) is 14.1. The summed E-state index contributed by atoms with van der Waals surface area (Å²) in [5.41, 5.74) is 16.2. The molecule has 91 heavy (non-hydrogen) atoms. The molecule has 10 heterocycles. The van der Waals surface area contributed by atoms with Crippen molar-refractivity contribution >= 4 is 103 Å². The van der Waals surface area contributed by atoms with E-state index in [1.807, 2.05) is 18.2 Å². The number of pyridine rings is 2. The summed E-state index contributed by atoms with van der Waals surface area (Å²) in [5, 5.41) is 21.5. The number of anilines is 4. The molecule has 2 N–H and O–H groups in total. The molecule has 0 saturated carbocycles. The number of hydrogen-bond acceptors (Lipinski definition) is 18. The van der Waals surface area contributed by atoms with Gasteiger partial charge in [-0.2, -0.15) is 17.5 Å². The smallest absolute Gasteiger partial charge is 0.335 e. The molecule has 4 aliphatic rings. The highest BCUT2D eigenvalue weighted by Crippen LogP contribution is 2.58. The molecular formula is C71H56N8O8S4. The summed E-state index contributed by atoms with van der Waals surface area (Å²) < 4.78 is 45.3. The molecule has 12 aromatic rings. The number of carbonyl (C=O) groups is 2. The van der Waals surface area contributed by atoms with Crippen molar-refractivity contribution in [2.45, 2.75) is 70.9 Å². The quantitative estimate of drug-likeness (QED) is 0.104. The van der Waals surface area contributed by atoms with Crippen LogP contribution >= 0.6 is 46.1 Å². The van der Waals surface area contributed by atoms with Crippen molar-refractivity contribution in [3.63, 3.8) is 0 Å². The van der Waals surface area contributed by atoms with Crippen molar-refractivity contribution < 1.29 is 38.7 Å². The SMILES string of the molecule is CCC1c2ccc(-c3ccc(-c4sc(-c5cc(C(=O)O)cc(-c6cc(C(=O)O)cc(-c7sc(-c8ccc(-c9ccc%10c(c9)N(c9ccccc9)C(CC)C%10CC)c9nsnc89)c8c7OCCO8)n6)n5)c5c4OCCO5)c4nsnc34)cc2N(c2ccccc2)C1C. The van der Waals surface area contributed by atoms with E-state index in [9.17, 15) is 19.8 Å². The van der Waals surface area contributed by atoms with Crippen LogP contribution in [0.25, 0.3) is 97.7 Å². The van der Waals surface area contributed by atoms with E-state index in [-0.39, 0.29) is 66.4 Å². The van der Waals surface area contributed by atoms with E-state index in [4.69, 9.17) is 46.4 Å². The molecule has 16 rings (SSSR count). The van der Waals surface area contributed by atoms with Crippen LogP contribution in [0, 0.1) is 0 Å². The van der Waals surface area contributed by atoms with E-state index < -0.39 is 11.9 Å². The summed E-state index contributed by atoms with van der Waals surface area (Å²) in [6.07, 6.45) is 3.04. The Bertz CT molecular complexity index is 4910. The van der Waals surface area contributed by atoms with Crippen LogP contribution in [0.3, 0.4) is 0 Å². The molecule has 16 nitrogen and oxygen atoms in total. The Morgan fingerprint density at radius 2 is 0.857 bits per heavy atom. The monoisotopic (exact) mass is 1280 g/mol. The number of ether oxygens (including phenoxy) is 4. The average molecular weight is 1280 g/mol. The molecule has 20 heteroatoms. The zero-order valence-corrected chi connectivity index (χ0v) is 52.9. The van der Waals surface area contributed by atoms with Crippen molar-refractivity contribution in [3.8, 4) is 98.7 Å². The van der Waals surface area contributed by atoms with E-state index in [1.165, 1.54) is 75.1 Å². The zero-order chi connectivity index (χ0) is 61.8. The second-order valence-electron chi connectivity index (χ2n) is 23.0. The first kappa shape index (κ1) is 56.6. The molecule has 0 bridgehead atoms. The molecule has 6 aromatic heterocycles. The van der Waals surface area contributed by atoms with Crippen LogP contribution in [0.5, 0.6) is 23.0 Å². The lowest BCUT2D eigenvalue weighted by molar-refractivity contribution is 0.0686. The van der Waals surface area contributed by atoms with Gasteiger partial charge in [0.25, 0.3) is 0 Å². The van der Waals surface area contributed by atoms with Crippen molar-refractivity contribution in [3.05, 3.63) is 168 Å². The van der Waals surface area contributed by atoms with E-state index in [1.54, 1.807) is 0 Å². The van der Waals surface area contributed by atoms with E-state index in [0.29, 0.717) is 71.4 Å². The first-order valence-electron chi connectivity index (χ1n) is 30.4. The fraction of sp³-hybridized carbons (Fsp3) is 0.211. The third-order valence-corrected chi connectivity index (χ3v) is 21.6. The molecule has 0 spiro atoms. The van der Waals surface area contributed by atoms with Crippen LogP contribution in [0.2, 0.25) is 0 Å². The minimum atomic E-state index is -1.22. The average Bonchev–Trinajstić information content (AvgIpc) is 1.72. The molecule has 0 aliphatic carbocycles. The van der Waals surface area contributed by atoms with Crippen LogP contribution in [0.4, 0.5) is 22.7 Å². The minimum absolute atomic E-state index is 0.0966. The number of aromatic carboxylic acids is 2. The second kappa shape index (κ2) is 22.7. The van der Waals surface area contributed by atoms with Gasteiger partial charge in [-0.1, -0.05) is 106 Å². The van der Waals surface area contributed by atoms with Gasteiger partial charge >= 0.3 is 11.9 Å². The van der Waals surface area contributed by atoms with Crippen LogP contribution in [-0.2, 0) is 0 Å². The van der Waals surface area contributed by atoms with Gasteiger partial charge in [0.05, 0.1) is 76.9 Å². The van der Waals surface area contributed by atoms with Gasteiger partial charge in [0.2, 0.25) is 0 Å². The van der Waals surface area contributed by atoms with Gasteiger partial charge in [-0.15, -0.1) is 22.7 Å². The fourth-order valence-electron chi connectivity index (χ4n) is 14.1. The lowest BCUT2D eigenvalue weighted by Crippen LogP contribution is -2.29. The minimum Gasteiger partial charge on any atom is -0.485 e. The molecule has 0 fully saturated rings. The lowest BCUT2D eigenvalue weighted by Gasteiger charge is -2.29. The summed E-state index contributed by atoms with van der Waals surface area (Å²) in [4.78, 5) is 44.0. The highest BCUT2D eigenvalue weighted by atomic mass is 32.1. The fourth-order valence-corrected chi connectivity index (χ4v) is 17.6. The zero-order valence-electron chi connectivity index (χ0n) is 49.7. The molecule has 6 aromatic carbocycles. The highest BCUT2D eigenvalue weighted by Gasteiger charge is 2.39. The Labute approximate surface area is 539 Å². The van der Waals surface area contributed by atoms with E-state index >= 15 is 0 Å². The molecule has 0 radical (unpaired) electrons. The first-order chi connectivity index (χ1) is 44.6. The number of carboxylic acids is 2. The van der Waals surface area contributed by atoms with Gasteiger partial charge in [-0.3, -0.25) is 0 Å². The van der Waals surface area contributed by atoms with Crippen LogP contribution in [0.1, 0.15) is 90.6 Å². The van der Waals surface area contributed by atoms with E-state index in [0.717, 1.165) is 92.8 Å². The van der Waals surface area contributed by atoms with Gasteiger partial charge in [-0.05, 0) is 109 Å². The normalized spacial score (nSPS) is 17.2. The Morgan fingerprint density at radius 3 is 1.30 bits per heavy atom. The number of rotatable bonds is 14. The summed E-state index contributed by atoms with van der Waals surface area (Å²) in [6, 6.07) is 49.2. The summed E-state index contributed by atoms with van der Waals surface area (Å²) in [5.74, 6) is 0.104. The molecule has 4 aliphatic heterocycles. The Morgan fingerprint density at radius 1 is 0.462 bits per heavy atom. The topological polar surface area (TPSA) is 195 Å². The standard InChI is InChI=1S/C71H56N8O8S4/c1-5-43-36(4)78(41-14-10-8-11-15-41)56-34-37(18-20-47(43)56)45-22-24-49(60-58(45)74-90-76-60)66-62-64(86-28-26-84-62)68(88-66)53-32-39(70(80)81)30-51(72-53)52-31-40(71(82)83)33-54(73-52)69-65-63(85-27-29-87-65)67(89-69)50-25-23-46(59-61(50)77-91-75-59)38-19-21-48-44(6-2)55(7-3)79(57(48)35-38)42-16-12-9-13-17-42/h8-25,30-36,43-44,55H,5-7,26-29H2,1-4H3,(H,80,81)(H,82,83). The van der Waals surface area contributed by atoms with Crippen LogP contribution < -0.4 is 28.7 Å². The van der Waals surface area contributed by atoms with Crippen molar-refractivity contribution in [2.24, 2.45) is 0 Å². The van der Waals surface area contributed by atoms with Crippen LogP contribution in [-0.4, -0.2) is 88.1 Å². The van der Waals surface area contributed by atoms with Gasteiger partial charge in [0.1, 0.15) is 48.5 Å². The number of aromatic nitrogens is 6. The second-order valence-corrected chi connectivity index (χ2v) is 26.1. The predicted molar refractivity (Wildman–Crippen MR) is 360 cm³/mol. The van der Waals surface area contributed by atoms with Gasteiger partial charge in [0.15, 0.2) is 23.0 Å². The van der Waals surface area contributed by atoms with Crippen molar-refractivity contribution in [1.82, 2.24) is 27.5 Å². The number of nitrogens with zero attached hydrogens (tertiary/aromatic N) is 8. The lowest BCUT2D eigenvalue weighted by atomic mass is 9.90. The molecule has 4 unspecified atom stereocenters. The van der Waals surface area contributed by atoms with Crippen molar-refractivity contribution in [1.29, 1.82) is 0 Å². The number of carboxylic acid groups (broad SMARTS) is 2. The number of thiophene rings is 2. The third-order valence-electron chi connectivity index (χ3n) is 18.1. The van der Waals surface area contributed by atoms with E-state index in [2.05, 4.69) is 141 Å². The van der Waals surface area contributed by atoms with Gasteiger partial charge < -0.3 is 39.0 Å². The van der Waals surface area contributed by atoms with Gasteiger partial charge in [-0.25, -0.2) is 19.6 Å². The number of hydrogen-bond donors (Lipinski definition) is 2. The first-order valence-corrected chi connectivity index (χ1v) is 33.5. The number of benzene rings is 6. The Balaban J connectivity index is 0.770. The third kappa shape index (κ3) is 9.31. The predicted octanol–water partition coefficient (Wildman–Crippen LogP) is 17.7. The largest absolute Gasteiger partial charge is 0.485 e. The van der Waals surface area contributed by atoms with Crippen molar-refractivity contribution in [2.75, 3.05) is 36.2 Å². The maximum atomic E-state index is 13.2. The maximum Gasteiger partial charge on any atom is 0.335 e. The molecule has 452 valence electrons. The van der Waals surface area contributed by atoms with Gasteiger partial charge in [0, 0.05) is 68.9 Å². The summed E-state index contributed by atoms with van der Waals surface area (Å²) >= 11 is 4.96. The Hall–Kier alpha value is -9.60. The molecule has 4 atom stereocenters. The molecular weight excluding hydrogens is 1220 g/mol. The number of para-hydroxylation sites is 2.